The zero-order chi connectivity index (χ0) is 13.3. The van der Waals surface area contributed by atoms with Crippen LogP contribution in [0, 0.1) is 0 Å². The molecule has 2 heterocycles. The summed E-state index contributed by atoms with van der Waals surface area (Å²) in [5.41, 5.74) is -0.225. The van der Waals surface area contributed by atoms with Crippen LogP contribution in [-0.2, 0) is 14.1 Å². The van der Waals surface area contributed by atoms with Crippen molar-refractivity contribution in [3.63, 3.8) is 0 Å². The predicted molar refractivity (Wildman–Crippen MR) is 66.8 cm³/mol. The van der Waals surface area contributed by atoms with E-state index < -0.39 is 11.2 Å². The maximum atomic E-state index is 11.9. The highest BCUT2D eigenvalue weighted by molar-refractivity contribution is 5.72. The number of aryl methyl sites for hydroxylation is 1. The first kappa shape index (κ1) is 12.4. The summed E-state index contributed by atoms with van der Waals surface area (Å²) in [6.07, 6.45) is 0.577. The first-order valence-electron chi connectivity index (χ1n) is 5.56. The monoisotopic (exact) mass is 253 g/mol. The molecule has 8 nitrogen and oxygen atoms in total. The van der Waals surface area contributed by atoms with Crippen molar-refractivity contribution in [2.75, 3.05) is 18.5 Å². The molecule has 0 amide bonds. The lowest BCUT2D eigenvalue weighted by atomic mass is 10.4. The van der Waals surface area contributed by atoms with Crippen LogP contribution in [0.5, 0.6) is 0 Å². The topological polar surface area (TPSA) is 105 Å². The average molecular weight is 253 g/mol. The Hall–Kier alpha value is -2.09. The minimum Gasteiger partial charge on any atom is -0.396 e. The summed E-state index contributed by atoms with van der Waals surface area (Å²) in [5, 5.41) is 11.6. The number of aromatic amines is 1. The third kappa shape index (κ3) is 1.90. The zero-order valence-electron chi connectivity index (χ0n) is 10.2. The number of rotatable bonds is 4. The molecule has 0 aliphatic rings. The summed E-state index contributed by atoms with van der Waals surface area (Å²) in [7, 11) is 2.98. The molecule has 8 heteroatoms. The Balaban J connectivity index is 2.51. The number of hydrogen-bond acceptors (Lipinski definition) is 5. The lowest BCUT2D eigenvalue weighted by Gasteiger charge is -2.00. The van der Waals surface area contributed by atoms with Crippen LogP contribution in [0.15, 0.2) is 9.59 Å². The van der Waals surface area contributed by atoms with Gasteiger partial charge in [0.25, 0.3) is 5.56 Å². The average Bonchev–Trinajstić information content (AvgIpc) is 2.78. The summed E-state index contributed by atoms with van der Waals surface area (Å²) in [4.78, 5) is 30.5. The van der Waals surface area contributed by atoms with Gasteiger partial charge in [0.15, 0.2) is 11.2 Å². The maximum Gasteiger partial charge on any atom is 0.332 e. The Bertz CT molecular complexity index is 681. The Labute approximate surface area is 102 Å². The van der Waals surface area contributed by atoms with Crippen LogP contribution >= 0.6 is 0 Å². The number of hydrogen-bond donors (Lipinski definition) is 3. The molecular weight excluding hydrogens is 238 g/mol. The van der Waals surface area contributed by atoms with Gasteiger partial charge in [-0.3, -0.25) is 13.9 Å². The fourth-order valence-electron chi connectivity index (χ4n) is 1.70. The molecular formula is C10H15N5O3. The van der Waals surface area contributed by atoms with Crippen molar-refractivity contribution in [1.29, 1.82) is 0 Å². The molecule has 2 aromatic rings. The van der Waals surface area contributed by atoms with E-state index in [0.29, 0.717) is 24.6 Å². The second-order valence-corrected chi connectivity index (χ2v) is 3.99. The van der Waals surface area contributed by atoms with Gasteiger partial charge in [0, 0.05) is 27.2 Å². The molecule has 2 aromatic heterocycles. The molecule has 0 fully saturated rings. The second kappa shape index (κ2) is 4.65. The number of anilines is 1. The van der Waals surface area contributed by atoms with Gasteiger partial charge in [-0.15, -0.1) is 0 Å². The van der Waals surface area contributed by atoms with Crippen molar-refractivity contribution in [2.45, 2.75) is 6.42 Å². The van der Waals surface area contributed by atoms with E-state index in [1.807, 2.05) is 0 Å². The minimum atomic E-state index is -0.416. The molecule has 0 aromatic carbocycles. The number of imidazole rings is 1. The lowest BCUT2D eigenvalue weighted by Crippen LogP contribution is -2.36. The predicted octanol–water partition coefficient (Wildman–Crippen LogP) is -1.25. The summed E-state index contributed by atoms with van der Waals surface area (Å²) >= 11 is 0. The van der Waals surface area contributed by atoms with E-state index in [-0.39, 0.29) is 12.1 Å². The Morgan fingerprint density at radius 2 is 2.06 bits per heavy atom. The van der Waals surface area contributed by atoms with E-state index in [1.54, 1.807) is 7.05 Å². The second-order valence-electron chi connectivity index (χ2n) is 3.99. The summed E-state index contributed by atoms with van der Waals surface area (Å²) in [5.74, 6) is 0.414. The Morgan fingerprint density at radius 1 is 1.33 bits per heavy atom. The van der Waals surface area contributed by atoms with Gasteiger partial charge in [0.05, 0.1) is 0 Å². The van der Waals surface area contributed by atoms with Crippen LogP contribution < -0.4 is 16.6 Å². The van der Waals surface area contributed by atoms with E-state index >= 15 is 0 Å². The lowest BCUT2D eigenvalue weighted by molar-refractivity contribution is 0.292. The van der Waals surface area contributed by atoms with Crippen LogP contribution in [0.3, 0.4) is 0 Å². The Morgan fingerprint density at radius 3 is 2.72 bits per heavy atom. The molecule has 98 valence electrons. The number of aliphatic hydroxyl groups is 1. The highest BCUT2D eigenvalue weighted by Crippen LogP contribution is 2.07. The minimum absolute atomic E-state index is 0.0769. The van der Waals surface area contributed by atoms with Crippen LogP contribution in [0.4, 0.5) is 5.95 Å². The summed E-state index contributed by atoms with van der Waals surface area (Å²) in [6, 6.07) is 0. The molecule has 0 aliphatic carbocycles. The van der Waals surface area contributed by atoms with E-state index in [4.69, 9.17) is 5.11 Å². The van der Waals surface area contributed by atoms with E-state index in [1.165, 1.54) is 11.6 Å². The molecule has 0 aliphatic heterocycles. The molecule has 3 N–H and O–H groups in total. The molecule has 0 radical (unpaired) electrons. The standard InChI is InChI=1S/C10H15N5O3/c1-14-7-6(8(17)15(2)10(14)18)12-9(13-7)11-4-3-5-16/h16H,3-5H2,1-2H3,(H2,11,12,13). The van der Waals surface area contributed by atoms with E-state index in [0.717, 1.165) is 4.57 Å². The van der Waals surface area contributed by atoms with Gasteiger partial charge in [0.2, 0.25) is 5.95 Å². The quantitative estimate of drug-likeness (QED) is 0.591. The third-order valence-electron chi connectivity index (χ3n) is 2.72. The SMILES string of the molecule is Cn1c(=O)c2[nH]c(NCCCO)nc2n(C)c1=O. The number of fused-ring (bicyclic) bond motifs is 1. The third-order valence-corrected chi connectivity index (χ3v) is 2.72. The molecule has 0 spiro atoms. The van der Waals surface area contributed by atoms with Crippen molar-refractivity contribution in [3.8, 4) is 0 Å². The van der Waals surface area contributed by atoms with Crippen molar-refractivity contribution in [1.82, 2.24) is 19.1 Å². The van der Waals surface area contributed by atoms with Crippen molar-refractivity contribution < 1.29 is 5.11 Å². The number of H-pyrrole nitrogens is 1. The highest BCUT2D eigenvalue weighted by atomic mass is 16.3. The van der Waals surface area contributed by atoms with Gasteiger partial charge in [-0.05, 0) is 6.42 Å². The maximum absolute atomic E-state index is 11.9. The van der Waals surface area contributed by atoms with Gasteiger partial charge in [-0.25, -0.2) is 4.79 Å². The zero-order valence-corrected chi connectivity index (χ0v) is 10.2. The fraction of sp³-hybridized carbons (Fsp3) is 0.500. The first-order valence-corrected chi connectivity index (χ1v) is 5.56. The smallest absolute Gasteiger partial charge is 0.332 e. The van der Waals surface area contributed by atoms with Crippen LogP contribution in [0.1, 0.15) is 6.42 Å². The number of aliphatic hydroxyl groups excluding tert-OH is 1. The van der Waals surface area contributed by atoms with Crippen molar-refractivity contribution in [2.24, 2.45) is 14.1 Å². The molecule has 2 rings (SSSR count). The molecule has 0 saturated heterocycles. The van der Waals surface area contributed by atoms with Gasteiger partial charge < -0.3 is 15.4 Å². The van der Waals surface area contributed by atoms with Gasteiger partial charge in [-0.2, -0.15) is 4.98 Å². The van der Waals surface area contributed by atoms with Crippen LogP contribution in [-0.4, -0.2) is 37.4 Å². The van der Waals surface area contributed by atoms with Crippen molar-refractivity contribution >= 4 is 17.1 Å². The summed E-state index contributed by atoms with van der Waals surface area (Å²) < 4.78 is 2.34. The molecule has 0 bridgehead atoms. The molecule has 0 saturated carbocycles. The van der Waals surface area contributed by atoms with Gasteiger partial charge in [-0.1, -0.05) is 0 Å². The van der Waals surface area contributed by atoms with Gasteiger partial charge in [0.1, 0.15) is 0 Å². The van der Waals surface area contributed by atoms with Crippen molar-refractivity contribution in [3.05, 3.63) is 20.8 Å². The normalized spacial score (nSPS) is 11.1. The summed E-state index contributed by atoms with van der Waals surface area (Å²) in [6.45, 7) is 0.609. The van der Waals surface area contributed by atoms with E-state index in [2.05, 4.69) is 15.3 Å². The van der Waals surface area contributed by atoms with E-state index in [9.17, 15) is 9.59 Å². The number of aromatic nitrogens is 4. The Kier molecular flexibility index (Phi) is 3.19. The number of nitrogens with one attached hydrogen (secondary N) is 2. The fourth-order valence-corrected chi connectivity index (χ4v) is 1.70. The van der Waals surface area contributed by atoms with Gasteiger partial charge >= 0.3 is 5.69 Å². The van der Waals surface area contributed by atoms with Crippen LogP contribution in [0.25, 0.3) is 11.2 Å². The molecule has 18 heavy (non-hydrogen) atoms. The molecule has 0 unspecified atom stereocenters. The largest absolute Gasteiger partial charge is 0.396 e. The number of nitrogens with zero attached hydrogens (tertiary/aromatic N) is 3. The highest BCUT2D eigenvalue weighted by Gasteiger charge is 2.12. The molecule has 0 atom stereocenters. The first-order chi connectivity index (χ1) is 8.56. The van der Waals surface area contributed by atoms with Crippen LogP contribution in [0.2, 0.25) is 0 Å².